The van der Waals surface area contributed by atoms with Gasteiger partial charge in [-0.3, -0.25) is 4.79 Å². The van der Waals surface area contributed by atoms with E-state index in [1.807, 2.05) is 0 Å². The summed E-state index contributed by atoms with van der Waals surface area (Å²) < 4.78 is 49.2. The van der Waals surface area contributed by atoms with Gasteiger partial charge in [0.15, 0.2) is 0 Å². The van der Waals surface area contributed by atoms with Crippen LogP contribution >= 0.6 is 0 Å². The van der Waals surface area contributed by atoms with Crippen molar-refractivity contribution >= 4 is 26.0 Å². The summed E-state index contributed by atoms with van der Waals surface area (Å²) in [6.45, 7) is 8.88. The topological polar surface area (TPSA) is 95.1 Å². The van der Waals surface area contributed by atoms with Gasteiger partial charge in [-0.15, -0.1) is 0 Å². The van der Waals surface area contributed by atoms with Crippen LogP contribution in [-0.2, 0) is 24.8 Å². The third kappa shape index (κ3) is 3.90. The number of sulfonamides is 2. The fourth-order valence-electron chi connectivity index (χ4n) is 1.73. The zero-order chi connectivity index (χ0) is 16.4. The molecule has 0 aromatic carbocycles. The minimum absolute atomic E-state index is 0.214. The lowest BCUT2D eigenvalue weighted by Gasteiger charge is -2.40. The molecule has 0 saturated carbocycles. The lowest BCUT2D eigenvalue weighted by atomic mass is 10.2. The van der Waals surface area contributed by atoms with Crippen molar-refractivity contribution in [1.82, 2.24) is 13.5 Å². The first-order valence-electron chi connectivity index (χ1n) is 6.09. The summed E-state index contributed by atoms with van der Waals surface area (Å²) in [5, 5.41) is 1.43. The Bertz CT molecular complexity index is 593. The number of rotatable bonds is 5. The molecule has 0 aromatic heterocycles. The smallest absolute Gasteiger partial charge is 0.238 e. The Hall–Kier alpha value is -1.23. The van der Waals surface area contributed by atoms with Gasteiger partial charge in [-0.2, -0.15) is 8.61 Å². The average Bonchev–Trinajstić information content (AvgIpc) is 2.45. The first-order valence-corrected chi connectivity index (χ1v) is 9.09. The second kappa shape index (κ2) is 6.26. The molecule has 1 fully saturated rings. The number of carbonyl (C=O) groups excluding carboxylic acids is 1. The molecule has 0 atom stereocenters. The van der Waals surface area contributed by atoms with Gasteiger partial charge in [-0.05, 0) is 0 Å². The molecule has 1 heterocycles. The normalized spacial score (nSPS) is 18.7. The second-order valence-electron chi connectivity index (χ2n) is 4.78. The van der Waals surface area contributed by atoms with Crippen molar-refractivity contribution in [2.75, 3.05) is 20.0 Å². The summed E-state index contributed by atoms with van der Waals surface area (Å²) in [5.74, 6) is -0.729. The summed E-state index contributed by atoms with van der Waals surface area (Å²) in [7, 11) is -7.70. The zero-order valence-corrected chi connectivity index (χ0v) is 13.6. The van der Waals surface area contributed by atoms with Crippen LogP contribution in [0.25, 0.3) is 0 Å². The van der Waals surface area contributed by atoms with Crippen LogP contribution in [0, 0.1) is 5.92 Å². The molecule has 1 aliphatic heterocycles. The molecule has 0 unspecified atom stereocenters. The maximum Gasteiger partial charge on any atom is 0.238 e. The molecule has 0 radical (unpaired) electrons. The van der Waals surface area contributed by atoms with E-state index in [0.29, 0.717) is 0 Å². The van der Waals surface area contributed by atoms with E-state index in [1.54, 1.807) is 13.8 Å². The lowest BCUT2D eigenvalue weighted by molar-refractivity contribution is -0.139. The Morgan fingerprint density at radius 3 is 1.62 bits per heavy atom. The fraction of sp³-hybridized carbons (Fsp3) is 0.545. The van der Waals surface area contributed by atoms with E-state index in [9.17, 15) is 21.6 Å². The quantitative estimate of drug-likeness (QED) is 0.698. The Morgan fingerprint density at radius 1 is 0.952 bits per heavy atom. The molecule has 120 valence electrons. The summed E-state index contributed by atoms with van der Waals surface area (Å²) in [5.41, 5.74) is 0. The molecule has 0 aromatic rings. The molecule has 21 heavy (non-hydrogen) atoms. The van der Waals surface area contributed by atoms with Crippen LogP contribution in [-0.4, -0.2) is 56.3 Å². The van der Waals surface area contributed by atoms with Crippen LogP contribution in [0.2, 0.25) is 0 Å². The number of hydrogen-bond donors (Lipinski definition) is 0. The molecule has 8 nitrogen and oxygen atoms in total. The van der Waals surface area contributed by atoms with E-state index in [-0.39, 0.29) is 31.8 Å². The third-order valence-electron chi connectivity index (χ3n) is 2.92. The van der Waals surface area contributed by atoms with E-state index in [0.717, 1.165) is 24.3 Å². The van der Waals surface area contributed by atoms with Crippen molar-refractivity contribution in [3.63, 3.8) is 0 Å². The highest BCUT2D eigenvalue weighted by Crippen LogP contribution is 2.18. The Kier molecular flexibility index (Phi) is 5.31. The third-order valence-corrected chi connectivity index (χ3v) is 5.66. The van der Waals surface area contributed by atoms with Crippen molar-refractivity contribution < 1.29 is 21.6 Å². The maximum atomic E-state index is 12.1. The standard InChI is InChI=1S/C11H19N3O5S2/c1-5-20(16,17)13-7-12(11(15)10(3)4)8-14(9-13)21(18,19)6-2/h5-6,10H,1-2,7-9H2,3-4H3. The van der Waals surface area contributed by atoms with E-state index in [2.05, 4.69) is 13.2 Å². The van der Waals surface area contributed by atoms with Crippen LogP contribution in [0.4, 0.5) is 0 Å². The Labute approximate surface area is 125 Å². The van der Waals surface area contributed by atoms with E-state index in [4.69, 9.17) is 0 Å². The molecule has 0 spiro atoms. The van der Waals surface area contributed by atoms with Crippen LogP contribution in [0.5, 0.6) is 0 Å². The molecule has 0 aliphatic carbocycles. The SMILES string of the molecule is C=CS(=O)(=O)N1CN(C(=O)C(C)C)CN(S(=O)(=O)C=C)C1. The molecular formula is C11H19N3O5S2. The van der Waals surface area contributed by atoms with Crippen LogP contribution < -0.4 is 0 Å². The highest BCUT2D eigenvalue weighted by molar-refractivity contribution is 7.92. The van der Waals surface area contributed by atoms with Crippen LogP contribution in [0.15, 0.2) is 24.0 Å². The summed E-state index contributed by atoms with van der Waals surface area (Å²) in [4.78, 5) is 13.2. The van der Waals surface area contributed by atoms with Crippen LogP contribution in [0.1, 0.15) is 13.8 Å². The number of nitrogens with zero attached hydrogens (tertiary/aromatic N) is 3. The van der Waals surface area contributed by atoms with Gasteiger partial charge in [0.25, 0.3) is 0 Å². The predicted octanol–water partition coefficient (Wildman–Crippen LogP) is -0.0923. The molecule has 1 rings (SSSR count). The van der Waals surface area contributed by atoms with Gasteiger partial charge in [-0.1, -0.05) is 27.0 Å². The molecule has 1 amide bonds. The number of amides is 1. The summed E-state index contributed by atoms with van der Waals surface area (Å²) >= 11 is 0. The van der Waals surface area contributed by atoms with Gasteiger partial charge >= 0.3 is 0 Å². The number of carbonyl (C=O) groups is 1. The average molecular weight is 337 g/mol. The minimum Gasteiger partial charge on any atom is -0.314 e. The van der Waals surface area contributed by atoms with Crippen molar-refractivity contribution in [1.29, 1.82) is 0 Å². The fourth-order valence-corrected chi connectivity index (χ4v) is 3.42. The van der Waals surface area contributed by atoms with Gasteiger partial charge in [0.05, 0.1) is 20.0 Å². The minimum atomic E-state index is -3.85. The van der Waals surface area contributed by atoms with Crippen molar-refractivity contribution in [2.45, 2.75) is 13.8 Å². The first kappa shape index (κ1) is 17.8. The van der Waals surface area contributed by atoms with Gasteiger partial charge in [-0.25, -0.2) is 16.8 Å². The van der Waals surface area contributed by atoms with Crippen molar-refractivity contribution in [3.05, 3.63) is 24.0 Å². The molecule has 0 bridgehead atoms. The van der Waals surface area contributed by atoms with Gasteiger partial charge in [0.1, 0.15) is 0 Å². The highest BCUT2D eigenvalue weighted by Gasteiger charge is 2.36. The second-order valence-corrected chi connectivity index (χ2v) is 8.54. The molecule has 10 heteroatoms. The predicted molar refractivity (Wildman–Crippen MR) is 78.2 cm³/mol. The number of hydrogen-bond acceptors (Lipinski definition) is 5. The van der Waals surface area contributed by atoms with Crippen LogP contribution in [0.3, 0.4) is 0 Å². The maximum absolute atomic E-state index is 12.1. The largest absolute Gasteiger partial charge is 0.314 e. The van der Waals surface area contributed by atoms with Gasteiger partial charge in [0.2, 0.25) is 26.0 Å². The molecule has 1 saturated heterocycles. The lowest BCUT2D eigenvalue weighted by Crippen LogP contribution is -2.59. The van der Waals surface area contributed by atoms with Crippen molar-refractivity contribution in [3.8, 4) is 0 Å². The summed E-state index contributed by atoms with van der Waals surface area (Å²) in [6, 6.07) is 0. The van der Waals surface area contributed by atoms with E-state index >= 15 is 0 Å². The highest BCUT2D eigenvalue weighted by atomic mass is 32.2. The summed E-state index contributed by atoms with van der Waals surface area (Å²) in [6.07, 6.45) is 0. The van der Waals surface area contributed by atoms with Gasteiger partial charge in [0, 0.05) is 16.7 Å². The van der Waals surface area contributed by atoms with Crippen molar-refractivity contribution in [2.24, 2.45) is 5.92 Å². The Morgan fingerprint density at radius 2 is 1.33 bits per heavy atom. The van der Waals surface area contributed by atoms with E-state index in [1.165, 1.54) is 0 Å². The van der Waals surface area contributed by atoms with Gasteiger partial charge < -0.3 is 4.90 Å². The zero-order valence-electron chi connectivity index (χ0n) is 12.0. The molecular weight excluding hydrogens is 318 g/mol. The molecule has 1 aliphatic rings. The van der Waals surface area contributed by atoms with E-state index < -0.39 is 20.0 Å². The monoisotopic (exact) mass is 337 g/mol. The Balaban J connectivity index is 3.19. The molecule has 0 N–H and O–H groups in total. The first-order chi connectivity index (χ1) is 9.55.